The standard InChI is InChI=1S/C14H20F3NO2/c1-13(10-19,8-3-9-14(15,16)17)18-11-4-6-12(20-2)7-5-11/h4-7,18-19H,3,8-10H2,1-2H3. The summed E-state index contributed by atoms with van der Waals surface area (Å²) in [6, 6.07) is 7.01. The van der Waals surface area contributed by atoms with Crippen LogP contribution >= 0.6 is 0 Å². The summed E-state index contributed by atoms with van der Waals surface area (Å²) in [6.45, 7) is 1.46. The van der Waals surface area contributed by atoms with Crippen molar-refractivity contribution in [1.29, 1.82) is 0 Å². The van der Waals surface area contributed by atoms with E-state index in [0.29, 0.717) is 5.75 Å². The molecule has 0 heterocycles. The molecule has 0 fully saturated rings. The second kappa shape index (κ2) is 6.83. The third-order valence-corrected chi connectivity index (χ3v) is 3.07. The van der Waals surface area contributed by atoms with E-state index in [1.807, 2.05) is 0 Å². The number of aliphatic hydroxyl groups excluding tert-OH is 1. The Hall–Kier alpha value is -1.43. The maximum Gasteiger partial charge on any atom is 0.389 e. The molecule has 0 radical (unpaired) electrons. The molecule has 0 aliphatic carbocycles. The Balaban J connectivity index is 2.59. The zero-order chi connectivity index (χ0) is 15.2. The summed E-state index contributed by atoms with van der Waals surface area (Å²) in [5.74, 6) is 0.693. The predicted octanol–water partition coefficient (Wildman–Crippen LogP) is 3.59. The second-order valence-corrected chi connectivity index (χ2v) is 5.04. The van der Waals surface area contributed by atoms with Gasteiger partial charge in [0.2, 0.25) is 0 Å². The van der Waals surface area contributed by atoms with E-state index in [1.54, 1.807) is 38.3 Å². The van der Waals surface area contributed by atoms with E-state index in [4.69, 9.17) is 4.74 Å². The molecule has 0 aliphatic rings. The molecule has 1 unspecified atom stereocenters. The normalized spacial score (nSPS) is 14.7. The van der Waals surface area contributed by atoms with Gasteiger partial charge in [-0.3, -0.25) is 0 Å². The molecule has 0 bridgehead atoms. The van der Waals surface area contributed by atoms with E-state index in [-0.39, 0.29) is 19.4 Å². The van der Waals surface area contributed by atoms with Crippen LogP contribution in [0.2, 0.25) is 0 Å². The highest BCUT2D eigenvalue weighted by atomic mass is 19.4. The van der Waals surface area contributed by atoms with Gasteiger partial charge < -0.3 is 15.2 Å². The van der Waals surface area contributed by atoms with Crippen LogP contribution < -0.4 is 10.1 Å². The smallest absolute Gasteiger partial charge is 0.389 e. The molecule has 0 aromatic heterocycles. The minimum Gasteiger partial charge on any atom is -0.497 e. The van der Waals surface area contributed by atoms with Crippen molar-refractivity contribution in [3.05, 3.63) is 24.3 Å². The molecule has 1 rings (SSSR count). The van der Waals surface area contributed by atoms with Crippen LogP contribution in [0.1, 0.15) is 26.2 Å². The van der Waals surface area contributed by atoms with Crippen molar-refractivity contribution in [3.8, 4) is 5.75 Å². The predicted molar refractivity (Wildman–Crippen MR) is 72.0 cm³/mol. The van der Waals surface area contributed by atoms with Gasteiger partial charge in [0.15, 0.2) is 0 Å². The molecule has 20 heavy (non-hydrogen) atoms. The summed E-state index contributed by atoms with van der Waals surface area (Å²) in [6.07, 6.45) is -4.79. The Labute approximate surface area is 116 Å². The summed E-state index contributed by atoms with van der Waals surface area (Å²) in [4.78, 5) is 0. The number of hydrogen-bond donors (Lipinski definition) is 2. The van der Waals surface area contributed by atoms with Crippen LogP contribution in [0.4, 0.5) is 18.9 Å². The summed E-state index contributed by atoms with van der Waals surface area (Å²) < 4.78 is 41.5. The van der Waals surface area contributed by atoms with Gasteiger partial charge in [-0.2, -0.15) is 13.2 Å². The van der Waals surface area contributed by atoms with Gasteiger partial charge in [0, 0.05) is 12.1 Å². The van der Waals surface area contributed by atoms with Crippen molar-refractivity contribution in [1.82, 2.24) is 0 Å². The van der Waals surface area contributed by atoms with Crippen LogP contribution in [0.25, 0.3) is 0 Å². The van der Waals surface area contributed by atoms with E-state index >= 15 is 0 Å². The van der Waals surface area contributed by atoms with Crippen LogP contribution in [-0.2, 0) is 0 Å². The third kappa shape index (κ3) is 5.69. The number of nitrogens with one attached hydrogen (secondary N) is 1. The molecular weight excluding hydrogens is 271 g/mol. The average Bonchev–Trinajstić information content (AvgIpc) is 2.38. The Morgan fingerprint density at radius 1 is 1.15 bits per heavy atom. The van der Waals surface area contributed by atoms with Gasteiger partial charge in [-0.25, -0.2) is 0 Å². The number of methoxy groups -OCH3 is 1. The van der Waals surface area contributed by atoms with E-state index in [2.05, 4.69) is 5.32 Å². The molecular formula is C14H20F3NO2. The molecule has 1 aromatic rings. The average molecular weight is 291 g/mol. The number of benzene rings is 1. The zero-order valence-corrected chi connectivity index (χ0v) is 11.6. The molecule has 3 nitrogen and oxygen atoms in total. The van der Waals surface area contributed by atoms with E-state index in [1.165, 1.54) is 0 Å². The van der Waals surface area contributed by atoms with Gasteiger partial charge in [-0.15, -0.1) is 0 Å². The fraction of sp³-hybridized carbons (Fsp3) is 0.571. The Morgan fingerprint density at radius 2 is 1.75 bits per heavy atom. The Bertz CT molecular complexity index is 406. The molecule has 0 saturated heterocycles. The fourth-order valence-electron chi connectivity index (χ4n) is 1.88. The van der Waals surface area contributed by atoms with Crippen molar-refractivity contribution in [2.45, 2.75) is 37.9 Å². The number of halogens is 3. The van der Waals surface area contributed by atoms with E-state index < -0.39 is 18.1 Å². The number of anilines is 1. The number of rotatable bonds is 7. The first-order chi connectivity index (χ1) is 9.28. The minimum absolute atomic E-state index is 0.0241. The van der Waals surface area contributed by atoms with Gasteiger partial charge in [-0.1, -0.05) is 0 Å². The summed E-state index contributed by atoms with van der Waals surface area (Å²) in [5, 5.41) is 12.5. The molecule has 0 amide bonds. The molecule has 6 heteroatoms. The minimum atomic E-state index is -4.16. The lowest BCUT2D eigenvalue weighted by atomic mass is 9.95. The molecule has 0 saturated carbocycles. The van der Waals surface area contributed by atoms with E-state index in [9.17, 15) is 18.3 Å². The van der Waals surface area contributed by atoms with Crippen LogP contribution in [0.3, 0.4) is 0 Å². The lowest BCUT2D eigenvalue weighted by Crippen LogP contribution is -2.39. The van der Waals surface area contributed by atoms with Crippen molar-refractivity contribution in [3.63, 3.8) is 0 Å². The largest absolute Gasteiger partial charge is 0.497 e. The number of alkyl halides is 3. The van der Waals surface area contributed by atoms with Gasteiger partial charge in [-0.05, 0) is 44.0 Å². The van der Waals surface area contributed by atoms with Gasteiger partial charge in [0.1, 0.15) is 5.75 Å². The van der Waals surface area contributed by atoms with Crippen LogP contribution in [-0.4, -0.2) is 30.5 Å². The molecule has 114 valence electrons. The number of hydrogen-bond acceptors (Lipinski definition) is 3. The third-order valence-electron chi connectivity index (χ3n) is 3.07. The maximum atomic E-state index is 12.1. The number of ether oxygens (including phenoxy) is 1. The first-order valence-corrected chi connectivity index (χ1v) is 6.38. The molecule has 0 spiro atoms. The molecule has 1 atom stereocenters. The monoisotopic (exact) mass is 291 g/mol. The highest BCUT2D eigenvalue weighted by Gasteiger charge is 2.29. The molecule has 2 N–H and O–H groups in total. The second-order valence-electron chi connectivity index (χ2n) is 5.04. The highest BCUT2D eigenvalue weighted by molar-refractivity contribution is 5.48. The van der Waals surface area contributed by atoms with Crippen LogP contribution in [0.5, 0.6) is 5.75 Å². The zero-order valence-electron chi connectivity index (χ0n) is 11.6. The summed E-state index contributed by atoms with van der Waals surface area (Å²) in [5.41, 5.74) is -0.0471. The Kier molecular flexibility index (Phi) is 5.68. The Morgan fingerprint density at radius 3 is 2.20 bits per heavy atom. The van der Waals surface area contributed by atoms with E-state index in [0.717, 1.165) is 5.69 Å². The van der Waals surface area contributed by atoms with Crippen LogP contribution in [0.15, 0.2) is 24.3 Å². The summed E-state index contributed by atoms with van der Waals surface area (Å²) >= 11 is 0. The van der Waals surface area contributed by atoms with Crippen molar-refractivity contribution in [2.24, 2.45) is 0 Å². The topological polar surface area (TPSA) is 41.5 Å². The SMILES string of the molecule is COc1ccc(NC(C)(CO)CCCC(F)(F)F)cc1. The highest BCUT2D eigenvalue weighted by Crippen LogP contribution is 2.27. The van der Waals surface area contributed by atoms with Crippen LogP contribution in [0, 0.1) is 0 Å². The first kappa shape index (κ1) is 16.6. The van der Waals surface area contributed by atoms with Crippen molar-refractivity contribution in [2.75, 3.05) is 19.0 Å². The quantitative estimate of drug-likeness (QED) is 0.806. The van der Waals surface area contributed by atoms with Crippen molar-refractivity contribution < 1.29 is 23.0 Å². The fourth-order valence-corrected chi connectivity index (χ4v) is 1.88. The molecule has 0 aliphatic heterocycles. The first-order valence-electron chi connectivity index (χ1n) is 6.38. The van der Waals surface area contributed by atoms with Gasteiger partial charge in [0.05, 0.1) is 19.3 Å². The van der Waals surface area contributed by atoms with Gasteiger partial charge in [0.25, 0.3) is 0 Å². The van der Waals surface area contributed by atoms with Crippen molar-refractivity contribution >= 4 is 5.69 Å². The lowest BCUT2D eigenvalue weighted by molar-refractivity contribution is -0.136. The molecule has 1 aromatic carbocycles. The maximum absolute atomic E-state index is 12.1. The summed E-state index contributed by atoms with van der Waals surface area (Å²) in [7, 11) is 1.55. The van der Waals surface area contributed by atoms with Gasteiger partial charge >= 0.3 is 6.18 Å². The lowest BCUT2D eigenvalue weighted by Gasteiger charge is -2.30. The number of aliphatic hydroxyl groups is 1.